The van der Waals surface area contributed by atoms with Crippen LogP contribution >= 0.6 is 0 Å². The summed E-state index contributed by atoms with van der Waals surface area (Å²) in [6.45, 7) is 2.96. The van der Waals surface area contributed by atoms with Gasteiger partial charge in [-0.15, -0.1) is 0 Å². The molecule has 1 atom stereocenters. The predicted octanol–water partition coefficient (Wildman–Crippen LogP) is 3.96. The van der Waals surface area contributed by atoms with Crippen LogP contribution in [-0.2, 0) is 11.2 Å². The maximum absolute atomic E-state index is 13.4. The van der Waals surface area contributed by atoms with E-state index >= 15 is 0 Å². The second-order valence-corrected chi connectivity index (χ2v) is 7.10. The van der Waals surface area contributed by atoms with Gasteiger partial charge in [0, 0.05) is 37.2 Å². The van der Waals surface area contributed by atoms with Gasteiger partial charge in [-0.2, -0.15) is 0 Å². The summed E-state index contributed by atoms with van der Waals surface area (Å²) < 4.78 is 5.53. The molecule has 2 heterocycles. The van der Waals surface area contributed by atoms with Crippen molar-refractivity contribution in [3.63, 3.8) is 0 Å². The van der Waals surface area contributed by atoms with E-state index in [-0.39, 0.29) is 5.91 Å². The molecule has 1 saturated heterocycles. The lowest BCUT2D eigenvalue weighted by Gasteiger charge is -2.26. The molecule has 0 saturated carbocycles. The summed E-state index contributed by atoms with van der Waals surface area (Å²) in [4.78, 5) is 19.9. The lowest BCUT2D eigenvalue weighted by molar-refractivity contribution is 0.0724. The van der Waals surface area contributed by atoms with Crippen molar-refractivity contribution in [3.05, 3.63) is 78.0 Å². The van der Waals surface area contributed by atoms with E-state index in [1.165, 1.54) is 5.56 Å². The van der Waals surface area contributed by atoms with Crippen LogP contribution in [0.2, 0.25) is 0 Å². The SMILES string of the molecule is O=C(c1cccc2cccnc12)N(CCc1ccccc1)CC1CCOC1. The Morgan fingerprint density at radius 1 is 1.07 bits per heavy atom. The highest BCUT2D eigenvalue weighted by Crippen LogP contribution is 2.21. The first-order chi connectivity index (χ1) is 13.3. The van der Waals surface area contributed by atoms with Crippen LogP contribution in [0.4, 0.5) is 0 Å². The molecule has 27 heavy (non-hydrogen) atoms. The van der Waals surface area contributed by atoms with Gasteiger partial charge in [-0.05, 0) is 30.5 Å². The molecule has 1 aromatic heterocycles. The lowest BCUT2D eigenvalue weighted by Crippen LogP contribution is -2.37. The monoisotopic (exact) mass is 360 g/mol. The molecule has 4 rings (SSSR count). The maximum Gasteiger partial charge on any atom is 0.256 e. The summed E-state index contributed by atoms with van der Waals surface area (Å²) in [5, 5.41) is 0.996. The first kappa shape index (κ1) is 17.7. The fourth-order valence-corrected chi connectivity index (χ4v) is 3.67. The van der Waals surface area contributed by atoms with Gasteiger partial charge in [-0.3, -0.25) is 9.78 Å². The van der Waals surface area contributed by atoms with E-state index < -0.39 is 0 Å². The minimum atomic E-state index is 0.0575. The summed E-state index contributed by atoms with van der Waals surface area (Å²) in [5.41, 5.74) is 2.70. The molecule has 0 radical (unpaired) electrons. The molecule has 0 spiro atoms. The molecular formula is C23H24N2O2. The van der Waals surface area contributed by atoms with Crippen molar-refractivity contribution >= 4 is 16.8 Å². The van der Waals surface area contributed by atoms with Gasteiger partial charge < -0.3 is 9.64 Å². The molecule has 0 bridgehead atoms. The first-order valence-corrected chi connectivity index (χ1v) is 9.56. The standard InChI is InChI=1S/C23H24N2O2/c26-23(21-10-4-8-20-9-5-13-24-22(20)21)25(16-19-12-15-27-17-19)14-11-18-6-2-1-3-7-18/h1-10,13,19H,11-12,14-17H2. The van der Waals surface area contributed by atoms with Gasteiger partial charge in [-0.25, -0.2) is 0 Å². The van der Waals surface area contributed by atoms with Crippen LogP contribution in [0.15, 0.2) is 66.9 Å². The van der Waals surface area contributed by atoms with E-state index in [0.29, 0.717) is 18.0 Å². The summed E-state index contributed by atoms with van der Waals surface area (Å²) in [6.07, 6.45) is 3.61. The molecule has 1 aliphatic rings. The van der Waals surface area contributed by atoms with Crippen molar-refractivity contribution in [2.24, 2.45) is 5.92 Å². The van der Waals surface area contributed by atoms with E-state index in [1.54, 1.807) is 6.20 Å². The third-order valence-corrected chi connectivity index (χ3v) is 5.17. The number of ether oxygens (including phenoxy) is 1. The van der Waals surface area contributed by atoms with E-state index in [2.05, 4.69) is 17.1 Å². The average Bonchev–Trinajstić information content (AvgIpc) is 3.24. The Balaban J connectivity index is 1.58. The molecule has 4 heteroatoms. The van der Waals surface area contributed by atoms with Crippen molar-refractivity contribution < 1.29 is 9.53 Å². The van der Waals surface area contributed by atoms with Crippen LogP contribution < -0.4 is 0 Å². The van der Waals surface area contributed by atoms with E-state index in [9.17, 15) is 4.79 Å². The summed E-state index contributed by atoms with van der Waals surface area (Å²) in [6, 6.07) is 20.0. The molecule has 0 N–H and O–H groups in total. The fraction of sp³-hybridized carbons (Fsp3) is 0.304. The molecule has 2 aromatic carbocycles. The summed E-state index contributed by atoms with van der Waals surface area (Å²) >= 11 is 0. The molecule has 1 amide bonds. The Labute approximate surface area is 159 Å². The van der Waals surface area contributed by atoms with Crippen molar-refractivity contribution in [1.82, 2.24) is 9.88 Å². The van der Waals surface area contributed by atoms with Crippen LogP contribution in [0.5, 0.6) is 0 Å². The summed E-state index contributed by atoms with van der Waals surface area (Å²) in [5.74, 6) is 0.467. The van der Waals surface area contributed by atoms with Crippen LogP contribution in [0.25, 0.3) is 10.9 Å². The highest BCUT2D eigenvalue weighted by Gasteiger charge is 2.24. The molecule has 0 aliphatic carbocycles. The number of hydrogen-bond donors (Lipinski definition) is 0. The van der Waals surface area contributed by atoms with Gasteiger partial charge in [0.2, 0.25) is 0 Å². The van der Waals surface area contributed by atoms with Gasteiger partial charge >= 0.3 is 0 Å². The number of carbonyl (C=O) groups is 1. The van der Waals surface area contributed by atoms with Gasteiger partial charge in [0.1, 0.15) is 0 Å². The summed E-state index contributed by atoms with van der Waals surface area (Å²) in [7, 11) is 0. The zero-order chi connectivity index (χ0) is 18.5. The van der Waals surface area contributed by atoms with Crippen LogP contribution in [0, 0.1) is 5.92 Å². The topological polar surface area (TPSA) is 42.4 Å². The smallest absolute Gasteiger partial charge is 0.256 e. The Hall–Kier alpha value is -2.72. The average molecular weight is 360 g/mol. The van der Waals surface area contributed by atoms with Crippen molar-refractivity contribution in [1.29, 1.82) is 0 Å². The second-order valence-electron chi connectivity index (χ2n) is 7.10. The van der Waals surface area contributed by atoms with E-state index in [4.69, 9.17) is 4.74 Å². The number of para-hydroxylation sites is 1. The number of fused-ring (bicyclic) bond motifs is 1. The number of aromatic nitrogens is 1. The van der Waals surface area contributed by atoms with E-state index in [0.717, 1.165) is 43.5 Å². The van der Waals surface area contributed by atoms with Crippen LogP contribution in [0.1, 0.15) is 22.3 Å². The maximum atomic E-state index is 13.4. The number of pyridine rings is 1. The fourth-order valence-electron chi connectivity index (χ4n) is 3.67. The van der Waals surface area contributed by atoms with Crippen LogP contribution in [0.3, 0.4) is 0 Å². The molecule has 3 aromatic rings. The normalized spacial score (nSPS) is 16.5. The number of hydrogen-bond acceptors (Lipinski definition) is 3. The first-order valence-electron chi connectivity index (χ1n) is 9.56. The number of benzene rings is 2. The quantitative estimate of drug-likeness (QED) is 0.668. The minimum Gasteiger partial charge on any atom is -0.381 e. The Morgan fingerprint density at radius 2 is 1.93 bits per heavy atom. The number of rotatable bonds is 6. The number of carbonyl (C=O) groups excluding carboxylic acids is 1. The number of amides is 1. The number of nitrogens with zero attached hydrogens (tertiary/aromatic N) is 2. The Kier molecular flexibility index (Phi) is 5.45. The predicted molar refractivity (Wildman–Crippen MR) is 107 cm³/mol. The molecule has 1 aliphatic heterocycles. The molecular weight excluding hydrogens is 336 g/mol. The van der Waals surface area contributed by atoms with Crippen LogP contribution in [-0.4, -0.2) is 42.1 Å². The third-order valence-electron chi connectivity index (χ3n) is 5.17. The molecule has 138 valence electrons. The van der Waals surface area contributed by atoms with Gasteiger partial charge in [-0.1, -0.05) is 48.5 Å². The zero-order valence-corrected chi connectivity index (χ0v) is 15.4. The molecule has 4 nitrogen and oxygen atoms in total. The van der Waals surface area contributed by atoms with Crippen molar-refractivity contribution in [3.8, 4) is 0 Å². The largest absolute Gasteiger partial charge is 0.381 e. The zero-order valence-electron chi connectivity index (χ0n) is 15.4. The highest BCUT2D eigenvalue weighted by molar-refractivity contribution is 6.05. The Morgan fingerprint density at radius 3 is 2.74 bits per heavy atom. The molecule has 1 unspecified atom stereocenters. The van der Waals surface area contributed by atoms with Crippen molar-refractivity contribution in [2.45, 2.75) is 12.8 Å². The van der Waals surface area contributed by atoms with Gasteiger partial charge in [0.15, 0.2) is 0 Å². The minimum absolute atomic E-state index is 0.0575. The van der Waals surface area contributed by atoms with Gasteiger partial charge in [0.05, 0.1) is 17.7 Å². The van der Waals surface area contributed by atoms with Crippen molar-refractivity contribution in [2.75, 3.05) is 26.3 Å². The third kappa shape index (κ3) is 4.17. The second kappa shape index (κ2) is 8.31. The Bertz CT molecular complexity index is 899. The van der Waals surface area contributed by atoms with E-state index in [1.807, 2.05) is 53.4 Å². The lowest BCUT2D eigenvalue weighted by atomic mass is 10.0. The molecule has 1 fully saturated rings. The van der Waals surface area contributed by atoms with Gasteiger partial charge in [0.25, 0.3) is 5.91 Å². The highest BCUT2D eigenvalue weighted by atomic mass is 16.5.